The first kappa shape index (κ1) is 27.8. The van der Waals surface area contributed by atoms with Crippen molar-refractivity contribution >= 4 is 40.1 Å². The molecule has 10 nitrogen and oxygen atoms in total. The van der Waals surface area contributed by atoms with Crippen LogP contribution in [0.25, 0.3) is 10.9 Å². The van der Waals surface area contributed by atoms with Crippen molar-refractivity contribution in [1.29, 1.82) is 0 Å². The molecule has 5 heterocycles. The zero-order chi connectivity index (χ0) is 29.3. The van der Waals surface area contributed by atoms with E-state index >= 15 is 0 Å². The Bertz CT molecular complexity index is 1640. The summed E-state index contributed by atoms with van der Waals surface area (Å²) in [6.07, 6.45) is 7.73. The van der Waals surface area contributed by atoms with Crippen molar-refractivity contribution in [3.63, 3.8) is 0 Å². The Morgan fingerprint density at radius 1 is 1.14 bits per heavy atom. The van der Waals surface area contributed by atoms with E-state index in [9.17, 15) is 14.3 Å². The predicted molar refractivity (Wildman–Crippen MR) is 161 cm³/mol. The number of hydrogen-bond donors (Lipinski definition) is 4. The van der Waals surface area contributed by atoms with Crippen molar-refractivity contribution in [3.8, 4) is 0 Å². The third-order valence-electron chi connectivity index (χ3n) is 8.05. The molecule has 42 heavy (non-hydrogen) atoms. The maximum absolute atomic E-state index is 14.4. The molecular formula is C31H35FN8O2. The number of carbonyl (C=O) groups excluding carboxylic acids is 1. The largest absolute Gasteiger partial charge is 0.384 e. The molecule has 0 radical (unpaired) electrons. The number of likely N-dealkylation sites (tertiary alicyclic amines) is 1. The van der Waals surface area contributed by atoms with Crippen LogP contribution in [0.3, 0.4) is 0 Å². The minimum Gasteiger partial charge on any atom is -0.384 e. The predicted octanol–water partition coefficient (Wildman–Crippen LogP) is 5.16. The van der Waals surface area contributed by atoms with Gasteiger partial charge in [0.1, 0.15) is 28.6 Å². The van der Waals surface area contributed by atoms with Gasteiger partial charge in [0.15, 0.2) is 0 Å². The van der Waals surface area contributed by atoms with Gasteiger partial charge in [0.05, 0.1) is 12.2 Å². The highest BCUT2D eigenvalue weighted by molar-refractivity contribution is 5.99. The summed E-state index contributed by atoms with van der Waals surface area (Å²) in [5.41, 5.74) is 1.28. The summed E-state index contributed by atoms with van der Waals surface area (Å²) in [4.78, 5) is 28.9. The van der Waals surface area contributed by atoms with Gasteiger partial charge in [-0.15, -0.1) is 0 Å². The number of amides is 1. The Morgan fingerprint density at radius 2 is 1.98 bits per heavy atom. The van der Waals surface area contributed by atoms with E-state index in [0.717, 1.165) is 37.0 Å². The van der Waals surface area contributed by atoms with Crippen LogP contribution in [0.4, 0.5) is 27.7 Å². The first-order chi connectivity index (χ1) is 20.2. The molecule has 2 aliphatic heterocycles. The Labute approximate surface area is 243 Å². The molecule has 1 atom stereocenters. The lowest BCUT2D eigenvalue weighted by molar-refractivity contribution is 0.0443. The van der Waals surface area contributed by atoms with Crippen molar-refractivity contribution in [2.45, 2.75) is 44.2 Å². The minimum absolute atomic E-state index is 0.134. The Balaban J connectivity index is 1.29. The van der Waals surface area contributed by atoms with E-state index in [2.05, 4.69) is 71.8 Å². The molecule has 1 aromatic carbocycles. The van der Waals surface area contributed by atoms with Gasteiger partial charge in [0.2, 0.25) is 5.95 Å². The second kappa shape index (κ2) is 11.5. The summed E-state index contributed by atoms with van der Waals surface area (Å²) in [5.74, 6) is -0.137. The van der Waals surface area contributed by atoms with Crippen molar-refractivity contribution in [3.05, 3.63) is 78.0 Å². The van der Waals surface area contributed by atoms with E-state index in [1.54, 1.807) is 25.1 Å². The molecule has 11 heteroatoms. The lowest BCUT2D eigenvalue weighted by Gasteiger charge is -2.30. The number of nitrogens with one attached hydrogen (secondary N) is 3. The van der Waals surface area contributed by atoms with Crippen molar-refractivity contribution in [2.75, 3.05) is 37.3 Å². The van der Waals surface area contributed by atoms with Gasteiger partial charge < -0.3 is 30.5 Å². The fourth-order valence-electron chi connectivity index (χ4n) is 5.56. The molecule has 4 aromatic rings. The van der Waals surface area contributed by atoms with Crippen LogP contribution in [0.5, 0.6) is 0 Å². The van der Waals surface area contributed by atoms with E-state index in [-0.39, 0.29) is 36.7 Å². The average molecular weight is 571 g/mol. The number of rotatable bonds is 3. The smallest absolute Gasteiger partial charge is 0.256 e. The van der Waals surface area contributed by atoms with E-state index in [0.29, 0.717) is 17.6 Å². The quantitative estimate of drug-likeness (QED) is 0.267. The number of nitrogens with zero attached hydrogens (tertiary/aromatic N) is 5. The molecule has 2 bridgehead atoms. The van der Waals surface area contributed by atoms with Crippen molar-refractivity contribution in [1.82, 2.24) is 29.7 Å². The first-order valence-corrected chi connectivity index (χ1v) is 14.3. The monoisotopic (exact) mass is 570 g/mol. The summed E-state index contributed by atoms with van der Waals surface area (Å²) in [7, 11) is 2.17. The second-order valence-corrected chi connectivity index (χ2v) is 11.3. The number of carbonyl (C=O) groups is 1. The fourth-order valence-corrected chi connectivity index (χ4v) is 5.56. The van der Waals surface area contributed by atoms with Gasteiger partial charge in [-0.2, -0.15) is 4.98 Å². The number of piperidine rings is 1. The maximum Gasteiger partial charge on any atom is 0.256 e. The molecule has 0 saturated carbocycles. The van der Waals surface area contributed by atoms with Gasteiger partial charge in [0.25, 0.3) is 5.91 Å². The number of anilines is 4. The van der Waals surface area contributed by atoms with Gasteiger partial charge >= 0.3 is 0 Å². The number of benzene rings is 1. The Kier molecular flexibility index (Phi) is 7.61. The first-order valence-electron chi connectivity index (χ1n) is 14.3. The van der Waals surface area contributed by atoms with Gasteiger partial charge in [-0.1, -0.05) is 12.1 Å². The topological polar surface area (TPSA) is 120 Å². The molecule has 1 saturated heterocycles. The number of allylic oxidation sites excluding steroid dienone is 1. The van der Waals surface area contributed by atoms with Gasteiger partial charge in [-0.05, 0) is 89.1 Å². The Morgan fingerprint density at radius 3 is 2.81 bits per heavy atom. The van der Waals surface area contributed by atoms with Crippen molar-refractivity contribution in [2.24, 2.45) is 0 Å². The zero-order valence-corrected chi connectivity index (χ0v) is 23.8. The highest BCUT2D eigenvalue weighted by atomic mass is 19.1. The zero-order valence-electron chi connectivity index (χ0n) is 23.8. The fraction of sp³-hybridized carbons (Fsp3) is 0.355. The molecule has 218 valence electrons. The van der Waals surface area contributed by atoms with Crippen molar-refractivity contribution < 1.29 is 14.3 Å². The summed E-state index contributed by atoms with van der Waals surface area (Å²) in [6.45, 7) is 3.56. The molecule has 0 aliphatic carbocycles. The van der Waals surface area contributed by atoms with Crippen LogP contribution in [-0.4, -0.2) is 62.1 Å². The number of hydrogen-bond acceptors (Lipinski definition) is 8. The molecule has 2 aliphatic rings. The van der Waals surface area contributed by atoms with Gasteiger partial charge in [-0.3, -0.25) is 4.79 Å². The van der Waals surface area contributed by atoms with Crippen LogP contribution in [0.2, 0.25) is 0 Å². The maximum atomic E-state index is 14.4. The molecular weight excluding hydrogens is 535 g/mol. The minimum atomic E-state index is -1.27. The summed E-state index contributed by atoms with van der Waals surface area (Å²) in [5, 5.41) is 21.0. The highest BCUT2D eigenvalue weighted by Gasteiger charge is 2.25. The van der Waals surface area contributed by atoms with Crippen LogP contribution in [0.15, 0.2) is 66.8 Å². The normalized spacial score (nSPS) is 20.7. The number of pyridine rings is 1. The van der Waals surface area contributed by atoms with E-state index < -0.39 is 17.3 Å². The van der Waals surface area contributed by atoms with Crippen LogP contribution in [0, 0.1) is 0 Å². The lowest BCUT2D eigenvalue weighted by atomic mass is 9.95. The molecule has 0 spiro atoms. The number of fused-ring (bicyclic) bond motifs is 4. The lowest BCUT2D eigenvalue weighted by Crippen LogP contribution is -2.31. The number of aliphatic hydroxyl groups is 1. The third-order valence-corrected chi connectivity index (χ3v) is 8.05. The molecule has 1 amide bonds. The van der Waals surface area contributed by atoms with E-state index in [1.165, 1.54) is 17.8 Å². The number of aromatic nitrogens is 4. The Hall–Kier alpha value is -4.35. The van der Waals surface area contributed by atoms with E-state index in [4.69, 9.17) is 0 Å². The average Bonchev–Trinajstić information content (AvgIpc) is 3.39. The van der Waals surface area contributed by atoms with Gasteiger partial charge in [-0.25, -0.2) is 14.4 Å². The standard InChI is InChI=1S/C31H35FN8O2/c1-31(42)13-4-5-21(32)18-33-29(41)24-19-34-30(38-28(24)37-27-7-3-6-26(31)36-27)35-22-8-9-25-20(17-22)10-16-40(25)23-11-14-39(2)15-12-23/h3,5-10,16-17,19,23,42H,4,11-15,18H2,1-2H3,(H,33,41)(H2,34,35,36,37,38). The molecule has 3 aromatic heterocycles. The van der Waals surface area contributed by atoms with Crippen LogP contribution in [-0.2, 0) is 5.60 Å². The van der Waals surface area contributed by atoms with Crippen LogP contribution < -0.4 is 16.0 Å². The van der Waals surface area contributed by atoms with Gasteiger partial charge in [0, 0.05) is 35.0 Å². The second-order valence-electron chi connectivity index (χ2n) is 11.3. The molecule has 4 N–H and O–H groups in total. The van der Waals surface area contributed by atoms with E-state index in [1.807, 2.05) is 6.07 Å². The van der Waals surface area contributed by atoms with Crippen LogP contribution in [0.1, 0.15) is 54.7 Å². The van der Waals surface area contributed by atoms with Crippen LogP contribution >= 0.6 is 0 Å². The number of halogens is 1. The molecule has 1 unspecified atom stereocenters. The summed E-state index contributed by atoms with van der Waals surface area (Å²) < 4.78 is 16.8. The summed E-state index contributed by atoms with van der Waals surface area (Å²) >= 11 is 0. The SMILES string of the molecule is CN1CCC(n2ccc3cc(Nc4ncc5c(n4)Nc4cccc(n4)C(C)(O)CCC=C(F)CNC5=O)ccc32)CC1. The molecule has 1 fully saturated rings. The molecule has 6 rings (SSSR count). The highest BCUT2D eigenvalue weighted by Crippen LogP contribution is 2.31. The third kappa shape index (κ3) is 5.97. The summed E-state index contributed by atoms with van der Waals surface area (Å²) in [6, 6.07) is 14.0.